The SMILES string of the molecule is Clc1ccc(-c2ccc3c4ccccc4cc-3o2)cc1. The Morgan fingerprint density at radius 2 is 1.55 bits per heavy atom. The average Bonchev–Trinajstić information content (AvgIpc) is 2.85. The molecule has 2 aromatic carbocycles. The highest BCUT2D eigenvalue weighted by Gasteiger charge is 2.13. The third kappa shape index (κ3) is 1.79. The molecule has 0 aromatic heterocycles. The zero-order valence-corrected chi connectivity index (χ0v) is 11.4. The molecule has 2 aliphatic rings. The van der Waals surface area contributed by atoms with Gasteiger partial charge in [-0.05, 0) is 53.2 Å². The van der Waals surface area contributed by atoms with Crippen molar-refractivity contribution < 1.29 is 4.42 Å². The van der Waals surface area contributed by atoms with Crippen LogP contribution in [-0.2, 0) is 0 Å². The summed E-state index contributed by atoms with van der Waals surface area (Å²) in [5.74, 6) is 1.77. The van der Waals surface area contributed by atoms with Crippen molar-refractivity contribution in [2.45, 2.75) is 0 Å². The zero-order chi connectivity index (χ0) is 13.5. The molecular weight excluding hydrogens is 268 g/mol. The van der Waals surface area contributed by atoms with Gasteiger partial charge in [-0.3, -0.25) is 0 Å². The number of hydrogen-bond acceptors (Lipinski definition) is 1. The van der Waals surface area contributed by atoms with Crippen LogP contribution in [0.15, 0.2) is 71.1 Å². The van der Waals surface area contributed by atoms with Gasteiger partial charge in [0.2, 0.25) is 0 Å². The molecule has 0 N–H and O–H groups in total. The van der Waals surface area contributed by atoms with Gasteiger partial charge in [0.05, 0.1) is 0 Å². The van der Waals surface area contributed by atoms with Crippen molar-refractivity contribution in [2.75, 3.05) is 0 Å². The van der Waals surface area contributed by atoms with E-state index < -0.39 is 0 Å². The molecule has 0 fully saturated rings. The minimum Gasteiger partial charge on any atom is -0.456 e. The second-order valence-electron chi connectivity index (χ2n) is 4.82. The Kier molecular flexibility index (Phi) is 2.54. The van der Waals surface area contributed by atoms with Gasteiger partial charge in [0.15, 0.2) is 0 Å². The maximum absolute atomic E-state index is 6.03. The van der Waals surface area contributed by atoms with Crippen LogP contribution in [0, 0.1) is 0 Å². The fraction of sp³-hybridized carbons (Fsp3) is 0. The van der Waals surface area contributed by atoms with Crippen molar-refractivity contribution in [3.8, 4) is 22.6 Å². The fourth-order valence-electron chi connectivity index (χ4n) is 2.56. The minimum atomic E-state index is 0.730. The molecule has 0 atom stereocenters. The Labute approximate surface area is 121 Å². The van der Waals surface area contributed by atoms with Gasteiger partial charge >= 0.3 is 0 Å². The maximum atomic E-state index is 6.03. The lowest BCUT2D eigenvalue weighted by molar-refractivity contribution is 0.583. The number of hydrogen-bond donors (Lipinski definition) is 0. The van der Waals surface area contributed by atoms with Crippen LogP contribution in [0.2, 0.25) is 5.02 Å². The van der Waals surface area contributed by atoms with Crippen LogP contribution in [-0.4, -0.2) is 0 Å². The van der Waals surface area contributed by atoms with Crippen LogP contribution in [0.4, 0.5) is 0 Å². The molecule has 20 heavy (non-hydrogen) atoms. The Morgan fingerprint density at radius 1 is 0.750 bits per heavy atom. The topological polar surface area (TPSA) is 13.1 Å². The van der Waals surface area contributed by atoms with E-state index in [-0.39, 0.29) is 0 Å². The monoisotopic (exact) mass is 278 g/mol. The smallest absolute Gasteiger partial charge is 0.135 e. The van der Waals surface area contributed by atoms with Crippen molar-refractivity contribution in [2.24, 2.45) is 0 Å². The molecular formula is C18H11ClO. The highest BCUT2D eigenvalue weighted by atomic mass is 35.5. The first-order chi connectivity index (χ1) is 9.81. The van der Waals surface area contributed by atoms with Gasteiger partial charge in [0.1, 0.15) is 11.5 Å². The third-order valence-corrected chi connectivity index (χ3v) is 3.81. The summed E-state index contributed by atoms with van der Waals surface area (Å²) in [6.45, 7) is 0. The molecule has 0 saturated heterocycles. The van der Waals surface area contributed by atoms with E-state index in [2.05, 4.69) is 30.3 Å². The molecule has 1 nitrogen and oxygen atoms in total. The van der Waals surface area contributed by atoms with Crippen molar-refractivity contribution in [1.82, 2.24) is 0 Å². The Balaban J connectivity index is 1.92. The van der Waals surface area contributed by atoms with Crippen LogP contribution in [0.25, 0.3) is 33.4 Å². The Bertz CT molecular complexity index is 858. The number of fused-ring (bicyclic) bond motifs is 3. The first kappa shape index (κ1) is 11.6. The van der Waals surface area contributed by atoms with Crippen molar-refractivity contribution in [1.29, 1.82) is 0 Å². The maximum Gasteiger partial charge on any atom is 0.135 e. The molecule has 0 spiro atoms. The Morgan fingerprint density at radius 3 is 2.40 bits per heavy atom. The Hall–Kier alpha value is -2.25. The van der Waals surface area contributed by atoms with Gasteiger partial charge in [0, 0.05) is 16.1 Å². The molecule has 96 valence electrons. The van der Waals surface area contributed by atoms with Gasteiger partial charge in [0.25, 0.3) is 0 Å². The average molecular weight is 279 g/mol. The largest absolute Gasteiger partial charge is 0.456 e. The third-order valence-electron chi connectivity index (χ3n) is 3.55. The van der Waals surface area contributed by atoms with Crippen molar-refractivity contribution >= 4 is 22.4 Å². The highest BCUT2D eigenvalue weighted by molar-refractivity contribution is 6.30. The van der Waals surface area contributed by atoms with Gasteiger partial charge < -0.3 is 4.42 Å². The minimum absolute atomic E-state index is 0.730. The summed E-state index contributed by atoms with van der Waals surface area (Å²) in [5.41, 5.74) is 2.18. The summed E-state index contributed by atoms with van der Waals surface area (Å²) in [6.07, 6.45) is 0. The molecule has 0 bridgehead atoms. The lowest BCUT2D eigenvalue weighted by Gasteiger charge is -2.05. The molecule has 0 amide bonds. The van der Waals surface area contributed by atoms with E-state index >= 15 is 0 Å². The quantitative estimate of drug-likeness (QED) is 0.425. The summed E-state index contributed by atoms with van der Waals surface area (Å²) in [4.78, 5) is 0. The van der Waals surface area contributed by atoms with E-state index in [1.807, 2.05) is 36.4 Å². The standard InChI is InChI=1S/C18H11ClO/c19-14-7-5-12(6-8-14)17-10-9-16-15-4-2-1-3-13(15)11-18(16)20-17/h1-11H. The van der Waals surface area contributed by atoms with Gasteiger partial charge in [-0.1, -0.05) is 35.9 Å². The highest BCUT2D eigenvalue weighted by Crippen LogP contribution is 2.36. The van der Waals surface area contributed by atoms with Crippen LogP contribution in [0.5, 0.6) is 0 Å². The fourth-order valence-corrected chi connectivity index (χ4v) is 2.68. The first-order valence-electron chi connectivity index (χ1n) is 6.48. The normalized spacial score (nSPS) is 11.2. The van der Waals surface area contributed by atoms with E-state index in [0.29, 0.717) is 0 Å². The number of benzene rings is 2. The zero-order valence-electron chi connectivity index (χ0n) is 10.6. The summed E-state index contributed by atoms with van der Waals surface area (Å²) in [7, 11) is 0. The molecule has 0 unspecified atom stereocenters. The van der Waals surface area contributed by atoms with Crippen LogP contribution >= 0.6 is 11.6 Å². The number of rotatable bonds is 1. The molecule has 2 aromatic rings. The predicted molar refractivity (Wildman–Crippen MR) is 83.3 cm³/mol. The summed E-state index contributed by atoms with van der Waals surface area (Å²) in [5, 5.41) is 3.17. The second kappa shape index (κ2) is 4.39. The van der Waals surface area contributed by atoms with Crippen LogP contribution in [0.3, 0.4) is 0 Å². The van der Waals surface area contributed by atoms with Gasteiger partial charge in [-0.25, -0.2) is 0 Å². The molecule has 0 saturated carbocycles. The van der Waals surface area contributed by atoms with E-state index in [1.165, 1.54) is 10.8 Å². The lowest BCUT2D eigenvalue weighted by atomic mass is 10.1. The van der Waals surface area contributed by atoms with Crippen molar-refractivity contribution in [3.63, 3.8) is 0 Å². The van der Waals surface area contributed by atoms with E-state index in [0.717, 1.165) is 27.7 Å². The van der Waals surface area contributed by atoms with E-state index in [4.69, 9.17) is 16.0 Å². The van der Waals surface area contributed by atoms with Gasteiger partial charge in [-0.2, -0.15) is 0 Å². The van der Waals surface area contributed by atoms with Crippen LogP contribution in [0.1, 0.15) is 0 Å². The van der Waals surface area contributed by atoms with E-state index in [1.54, 1.807) is 0 Å². The predicted octanol–water partition coefficient (Wildman–Crippen LogP) is 5.86. The molecule has 1 heterocycles. The lowest BCUT2D eigenvalue weighted by Crippen LogP contribution is -1.80. The second-order valence-corrected chi connectivity index (χ2v) is 5.25. The van der Waals surface area contributed by atoms with Crippen LogP contribution < -0.4 is 0 Å². The summed E-state index contributed by atoms with van der Waals surface area (Å²) in [6, 6.07) is 22.2. The molecule has 2 heteroatoms. The molecule has 0 radical (unpaired) electrons. The molecule has 1 aliphatic carbocycles. The molecule has 1 aliphatic heterocycles. The summed E-state index contributed by atoms with van der Waals surface area (Å²) < 4.78 is 6.03. The van der Waals surface area contributed by atoms with Crippen molar-refractivity contribution in [3.05, 3.63) is 71.8 Å². The number of halogens is 1. The summed E-state index contributed by atoms with van der Waals surface area (Å²) >= 11 is 5.92. The molecule has 4 rings (SSSR count). The first-order valence-corrected chi connectivity index (χ1v) is 6.86. The van der Waals surface area contributed by atoms with Gasteiger partial charge in [-0.15, -0.1) is 0 Å². The van der Waals surface area contributed by atoms with E-state index in [9.17, 15) is 0 Å².